The molecule has 0 radical (unpaired) electrons. The lowest BCUT2D eigenvalue weighted by Crippen LogP contribution is -2.08. The van der Waals surface area contributed by atoms with Gasteiger partial charge in [-0.1, -0.05) is 72.8 Å². The van der Waals surface area contributed by atoms with Gasteiger partial charge in [0, 0.05) is 33.5 Å². The van der Waals surface area contributed by atoms with Crippen molar-refractivity contribution in [3.8, 4) is 29.6 Å². The molecule has 5 heteroatoms. The van der Waals surface area contributed by atoms with Gasteiger partial charge in [0.25, 0.3) is 0 Å². The molecule has 234 valence electrons. The van der Waals surface area contributed by atoms with E-state index in [1.165, 1.54) is 33.4 Å². The Hall–Kier alpha value is -6.87. The Balaban J connectivity index is 1.16. The summed E-state index contributed by atoms with van der Waals surface area (Å²) in [4.78, 5) is 0. The van der Waals surface area contributed by atoms with Crippen LogP contribution in [0.15, 0.2) is 127 Å². The summed E-state index contributed by atoms with van der Waals surface area (Å²) in [6, 6.07) is 41.7. The maximum absolute atomic E-state index is 10.5. The fourth-order valence-electron chi connectivity index (χ4n) is 8.04. The van der Waals surface area contributed by atoms with E-state index in [0.29, 0.717) is 16.7 Å². The van der Waals surface area contributed by atoms with Gasteiger partial charge in [-0.05, 0) is 102 Å². The SMILES string of the molecule is N#Cc1ccc2c(c1)c1c(C#N)cccc1n2-c1ccc(C2=CC(c3ccccc3-n3c4c(c5ccccc53)CCC=C4)CC=C2)cc1C#N. The minimum atomic E-state index is 0.150. The van der Waals surface area contributed by atoms with Crippen LogP contribution in [0.3, 0.4) is 0 Å². The zero-order chi connectivity index (χ0) is 33.8. The maximum Gasteiger partial charge on any atom is 0.101 e. The molecule has 9 rings (SSSR count). The topological polar surface area (TPSA) is 81.2 Å². The van der Waals surface area contributed by atoms with Crippen molar-refractivity contribution in [2.24, 2.45) is 0 Å². The summed E-state index contributed by atoms with van der Waals surface area (Å²) in [7, 11) is 0. The van der Waals surface area contributed by atoms with Gasteiger partial charge in [0.1, 0.15) is 6.07 Å². The molecule has 0 saturated carbocycles. The molecular formula is C45H29N5. The quantitative estimate of drug-likeness (QED) is 0.192. The second-order valence-corrected chi connectivity index (χ2v) is 12.9. The predicted octanol–water partition coefficient (Wildman–Crippen LogP) is 10.4. The van der Waals surface area contributed by atoms with Crippen molar-refractivity contribution >= 4 is 44.4 Å². The van der Waals surface area contributed by atoms with Crippen LogP contribution in [0, 0.1) is 34.0 Å². The number of rotatable bonds is 4. The van der Waals surface area contributed by atoms with Crippen LogP contribution < -0.4 is 0 Å². The van der Waals surface area contributed by atoms with Crippen LogP contribution in [0.2, 0.25) is 0 Å². The Morgan fingerprint density at radius 1 is 0.620 bits per heavy atom. The third kappa shape index (κ3) is 4.44. The minimum absolute atomic E-state index is 0.150. The first-order valence-electron chi connectivity index (χ1n) is 16.9. The molecule has 0 spiro atoms. The maximum atomic E-state index is 10.5. The number of nitriles is 3. The lowest BCUT2D eigenvalue weighted by atomic mass is 9.86. The Morgan fingerprint density at radius 3 is 2.32 bits per heavy atom. The summed E-state index contributed by atoms with van der Waals surface area (Å²) in [6.45, 7) is 0. The van der Waals surface area contributed by atoms with Gasteiger partial charge in [-0.15, -0.1) is 0 Å². The van der Waals surface area contributed by atoms with Crippen molar-refractivity contribution in [3.63, 3.8) is 0 Å². The highest BCUT2D eigenvalue weighted by molar-refractivity contribution is 6.12. The number of benzene rings is 5. The molecule has 2 aliphatic rings. The molecule has 2 aliphatic carbocycles. The lowest BCUT2D eigenvalue weighted by molar-refractivity contribution is 0.841. The van der Waals surface area contributed by atoms with E-state index in [9.17, 15) is 15.8 Å². The number of nitrogens with zero attached hydrogens (tertiary/aromatic N) is 5. The molecule has 0 N–H and O–H groups in total. The fourth-order valence-corrected chi connectivity index (χ4v) is 8.04. The molecule has 1 atom stereocenters. The fraction of sp³-hybridized carbons (Fsp3) is 0.0889. The van der Waals surface area contributed by atoms with E-state index in [0.717, 1.165) is 57.9 Å². The van der Waals surface area contributed by atoms with Gasteiger partial charge < -0.3 is 9.13 Å². The van der Waals surface area contributed by atoms with E-state index in [1.807, 2.05) is 41.0 Å². The molecule has 2 heterocycles. The predicted molar refractivity (Wildman–Crippen MR) is 200 cm³/mol. The average Bonchev–Trinajstić information content (AvgIpc) is 3.70. The van der Waals surface area contributed by atoms with E-state index >= 15 is 0 Å². The van der Waals surface area contributed by atoms with Crippen LogP contribution in [-0.4, -0.2) is 9.13 Å². The highest BCUT2D eigenvalue weighted by Gasteiger charge is 2.23. The number of fused-ring (bicyclic) bond motifs is 6. The van der Waals surface area contributed by atoms with Gasteiger partial charge in [0.2, 0.25) is 0 Å². The van der Waals surface area contributed by atoms with Gasteiger partial charge >= 0.3 is 0 Å². The Bertz CT molecular complexity index is 2780. The van der Waals surface area contributed by atoms with Crippen molar-refractivity contribution in [2.45, 2.75) is 25.2 Å². The standard InChI is InChI=1S/C45H29N5/c46-26-29-19-21-43-38(23-29)45-33(27-47)11-8-18-44(45)49(43)39-22-20-31(25-34(39)28-48)30-9-7-10-32(24-30)35-12-1-4-15-40(35)50-41-16-5-2-13-36(41)37-14-3-6-17-42(37)50/h1-2,4-9,11-13,15-25,32H,3,10,14H2. The largest absolute Gasteiger partial charge is 0.309 e. The van der Waals surface area contributed by atoms with Crippen LogP contribution >= 0.6 is 0 Å². The second kappa shape index (κ2) is 11.7. The van der Waals surface area contributed by atoms with E-state index in [-0.39, 0.29) is 5.92 Å². The molecule has 0 bridgehead atoms. The molecule has 0 amide bonds. The summed E-state index contributed by atoms with van der Waals surface area (Å²) < 4.78 is 4.47. The van der Waals surface area contributed by atoms with Gasteiger partial charge in [-0.25, -0.2) is 0 Å². The first kappa shape index (κ1) is 29.3. The van der Waals surface area contributed by atoms with Gasteiger partial charge in [0.15, 0.2) is 0 Å². The first-order chi connectivity index (χ1) is 24.7. The number of hydrogen-bond donors (Lipinski definition) is 0. The molecule has 0 saturated heterocycles. The molecule has 1 unspecified atom stereocenters. The zero-order valence-electron chi connectivity index (χ0n) is 27.1. The van der Waals surface area contributed by atoms with E-state index in [4.69, 9.17) is 0 Å². The van der Waals surface area contributed by atoms with Crippen LogP contribution in [0.4, 0.5) is 0 Å². The summed E-state index contributed by atoms with van der Waals surface area (Å²) in [5, 5.41) is 33.0. The van der Waals surface area contributed by atoms with Gasteiger partial charge in [-0.2, -0.15) is 15.8 Å². The molecule has 7 aromatic rings. The molecule has 2 aromatic heterocycles. The Labute approximate surface area is 289 Å². The summed E-state index contributed by atoms with van der Waals surface area (Å²) >= 11 is 0. The third-order valence-electron chi connectivity index (χ3n) is 10.2. The van der Waals surface area contributed by atoms with E-state index < -0.39 is 0 Å². The lowest BCUT2D eigenvalue weighted by Gasteiger charge is -2.23. The van der Waals surface area contributed by atoms with Crippen LogP contribution in [0.5, 0.6) is 0 Å². The van der Waals surface area contributed by atoms with Crippen molar-refractivity contribution in [2.75, 3.05) is 0 Å². The number of aromatic nitrogens is 2. The van der Waals surface area contributed by atoms with Crippen molar-refractivity contribution in [1.82, 2.24) is 9.13 Å². The van der Waals surface area contributed by atoms with Crippen LogP contribution in [-0.2, 0) is 6.42 Å². The smallest absolute Gasteiger partial charge is 0.101 e. The Morgan fingerprint density at radius 2 is 1.44 bits per heavy atom. The zero-order valence-corrected chi connectivity index (χ0v) is 27.1. The summed E-state index contributed by atoms with van der Waals surface area (Å²) in [5.41, 5.74) is 12.4. The van der Waals surface area contributed by atoms with Gasteiger partial charge in [-0.3, -0.25) is 0 Å². The number of para-hydroxylation sites is 2. The highest BCUT2D eigenvalue weighted by Crippen LogP contribution is 2.40. The normalized spacial score (nSPS) is 15.1. The average molecular weight is 640 g/mol. The van der Waals surface area contributed by atoms with E-state index in [1.54, 1.807) is 12.1 Å². The molecule has 0 aliphatic heterocycles. The van der Waals surface area contributed by atoms with Crippen molar-refractivity contribution < 1.29 is 0 Å². The van der Waals surface area contributed by atoms with Crippen molar-refractivity contribution in [1.29, 1.82) is 15.8 Å². The van der Waals surface area contributed by atoms with Crippen LogP contribution in [0.25, 0.3) is 55.7 Å². The first-order valence-corrected chi connectivity index (χ1v) is 16.9. The minimum Gasteiger partial charge on any atom is -0.309 e. The number of hydrogen-bond acceptors (Lipinski definition) is 3. The highest BCUT2D eigenvalue weighted by atomic mass is 15.0. The number of aryl methyl sites for hydroxylation is 1. The second-order valence-electron chi connectivity index (χ2n) is 12.9. The molecule has 5 aromatic carbocycles. The monoisotopic (exact) mass is 639 g/mol. The summed E-state index contributed by atoms with van der Waals surface area (Å²) in [6.07, 6.45) is 14.3. The van der Waals surface area contributed by atoms with Gasteiger partial charge in [0.05, 0.1) is 51.1 Å². The van der Waals surface area contributed by atoms with E-state index in [2.05, 4.69) is 108 Å². The Kier molecular flexibility index (Phi) is 6.84. The summed E-state index contributed by atoms with van der Waals surface area (Å²) in [5.74, 6) is 0.150. The third-order valence-corrected chi connectivity index (χ3v) is 10.2. The molecule has 5 nitrogen and oxygen atoms in total. The number of allylic oxidation sites excluding steroid dienone is 5. The molecular weight excluding hydrogens is 611 g/mol. The molecule has 50 heavy (non-hydrogen) atoms. The van der Waals surface area contributed by atoms with Crippen molar-refractivity contribution in [3.05, 3.63) is 167 Å². The molecule has 0 fully saturated rings. The van der Waals surface area contributed by atoms with Crippen LogP contribution in [0.1, 0.15) is 57.8 Å².